The van der Waals surface area contributed by atoms with Crippen LogP contribution in [0.3, 0.4) is 0 Å². The third-order valence-electron chi connectivity index (χ3n) is 1.73. The molecule has 0 saturated carbocycles. The molecule has 0 unspecified atom stereocenters. The van der Waals surface area contributed by atoms with Crippen LogP contribution in [0.4, 0.5) is 5.95 Å². The first kappa shape index (κ1) is 12.7. The number of nitrogens with one attached hydrogen (secondary N) is 1. The quantitative estimate of drug-likeness (QED) is 0.660. The lowest BCUT2D eigenvalue weighted by atomic mass is 10.5. The number of hydrogen-bond donors (Lipinski definition) is 2. The number of hydrogen-bond acceptors (Lipinski definition) is 6. The molecule has 1 heterocycles. The summed E-state index contributed by atoms with van der Waals surface area (Å²) in [6, 6.07) is 1.62. The minimum absolute atomic E-state index is 0.0655. The van der Waals surface area contributed by atoms with Gasteiger partial charge >= 0.3 is 0 Å². The fourth-order valence-electron chi connectivity index (χ4n) is 1.01. The first-order valence-electron chi connectivity index (χ1n) is 4.62. The van der Waals surface area contributed by atoms with E-state index in [2.05, 4.69) is 15.3 Å². The first-order valence-corrected chi connectivity index (χ1v) is 6.34. The average Bonchev–Trinajstić information content (AvgIpc) is 2.23. The third kappa shape index (κ3) is 4.89. The second-order valence-corrected chi connectivity index (χ2v) is 4.80. The number of sulfonamides is 1. The van der Waals surface area contributed by atoms with Crippen LogP contribution in [0.2, 0.25) is 0 Å². The highest BCUT2D eigenvalue weighted by Crippen LogP contribution is 2.06. The molecule has 7 nitrogen and oxygen atoms in total. The Morgan fingerprint density at radius 2 is 2.31 bits per heavy atom. The van der Waals surface area contributed by atoms with E-state index < -0.39 is 10.0 Å². The molecule has 1 aromatic heterocycles. The Hall–Kier alpha value is -1.41. The van der Waals surface area contributed by atoms with E-state index in [0.29, 0.717) is 24.8 Å². The van der Waals surface area contributed by atoms with Crippen LogP contribution in [0, 0.1) is 0 Å². The summed E-state index contributed by atoms with van der Waals surface area (Å²) in [5.41, 5.74) is 0. The van der Waals surface area contributed by atoms with E-state index in [1.165, 1.54) is 7.11 Å². The molecule has 16 heavy (non-hydrogen) atoms. The number of nitrogens with two attached hydrogens (primary N) is 1. The second kappa shape index (κ2) is 5.61. The zero-order chi connectivity index (χ0) is 12.0. The normalized spacial score (nSPS) is 11.1. The summed E-state index contributed by atoms with van der Waals surface area (Å²) in [6.07, 6.45) is 1.95. The Morgan fingerprint density at radius 3 is 2.94 bits per heavy atom. The van der Waals surface area contributed by atoms with Gasteiger partial charge in [-0.25, -0.2) is 18.5 Å². The van der Waals surface area contributed by atoms with Gasteiger partial charge in [-0.2, -0.15) is 4.98 Å². The highest BCUT2D eigenvalue weighted by atomic mass is 32.2. The molecule has 0 radical (unpaired) electrons. The summed E-state index contributed by atoms with van der Waals surface area (Å²) in [5, 5.41) is 7.72. The monoisotopic (exact) mass is 246 g/mol. The van der Waals surface area contributed by atoms with E-state index >= 15 is 0 Å². The molecule has 0 aliphatic heterocycles. The van der Waals surface area contributed by atoms with Crippen LogP contribution in [0.15, 0.2) is 12.3 Å². The van der Waals surface area contributed by atoms with Crippen molar-refractivity contribution in [1.82, 2.24) is 9.97 Å². The zero-order valence-electron chi connectivity index (χ0n) is 8.88. The Morgan fingerprint density at radius 1 is 1.56 bits per heavy atom. The highest BCUT2D eigenvalue weighted by Gasteiger charge is 2.02. The van der Waals surface area contributed by atoms with Crippen molar-refractivity contribution in [3.05, 3.63) is 12.3 Å². The minimum Gasteiger partial charge on any atom is -0.481 e. The molecule has 0 bridgehead atoms. The Labute approximate surface area is 94.1 Å². The molecular weight excluding hydrogens is 232 g/mol. The summed E-state index contributed by atoms with van der Waals surface area (Å²) in [4.78, 5) is 7.94. The number of ether oxygens (including phenoxy) is 1. The van der Waals surface area contributed by atoms with E-state index in [1.807, 2.05) is 0 Å². The van der Waals surface area contributed by atoms with Crippen LogP contribution in [0.5, 0.6) is 5.88 Å². The molecule has 1 rings (SSSR count). The van der Waals surface area contributed by atoms with Gasteiger partial charge in [0.2, 0.25) is 21.9 Å². The van der Waals surface area contributed by atoms with Gasteiger partial charge in [0, 0.05) is 18.8 Å². The molecule has 0 aliphatic carbocycles. The van der Waals surface area contributed by atoms with Gasteiger partial charge in [-0.15, -0.1) is 0 Å². The molecule has 0 atom stereocenters. The van der Waals surface area contributed by atoms with E-state index in [-0.39, 0.29) is 5.75 Å². The van der Waals surface area contributed by atoms with Crippen LogP contribution in [-0.2, 0) is 10.0 Å². The fraction of sp³-hybridized carbons (Fsp3) is 0.500. The predicted octanol–water partition coefficient (Wildman–Crippen LogP) is -0.424. The molecule has 0 amide bonds. The molecular formula is C8H14N4O3S. The van der Waals surface area contributed by atoms with E-state index in [0.717, 1.165) is 0 Å². The van der Waals surface area contributed by atoms with Crippen molar-refractivity contribution in [3.8, 4) is 5.88 Å². The number of methoxy groups -OCH3 is 1. The molecule has 8 heteroatoms. The summed E-state index contributed by atoms with van der Waals surface area (Å²) in [7, 11) is -1.89. The van der Waals surface area contributed by atoms with Crippen molar-refractivity contribution in [1.29, 1.82) is 0 Å². The molecule has 0 spiro atoms. The molecule has 0 aromatic carbocycles. The van der Waals surface area contributed by atoms with Crippen molar-refractivity contribution < 1.29 is 13.2 Å². The Kier molecular flexibility index (Phi) is 4.44. The smallest absolute Gasteiger partial charge is 0.225 e. The van der Waals surface area contributed by atoms with Gasteiger partial charge in [0.05, 0.1) is 12.9 Å². The van der Waals surface area contributed by atoms with Crippen molar-refractivity contribution in [2.45, 2.75) is 6.42 Å². The standard InChI is InChI=1S/C8H14N4O3S/c1-15-7-3-5-11-8(12-7)10-4-2-6-16(9,13)14/h3,5H,2,4,6H2,1H3,(H2,9,13,14)(H,10,11,12). The van der Waals surface area contributed by atoms with Crippen molar-refractivity contribution in [2.75, 3.05) is 24.7 Å². The third-order valence-corrected chi connectivity index (χ3v) is 2.59. The summed E-state index contributed by atoms with van der Waals surface area (Å²) in [5.74, 6) is 0.780. The molecule has 1 aromatic rings. The maximum atomic E-state index is 10.6. The van der Waals surface area contributed by atoms with Crippen LogP contribution >= 0.6 is 0 Å². The lowest BCUT2D eigenvalue weighted by molar-refractivity contribution is 0.397. The summed E-state index contributed by atoms with van der Waals surface area (Å²) >= 11 is 0. The van der Waals surface area contributed by atoms with Gasteiger partial charge in [0.1, 0.15) is 0 Å². The van der Waals surface area contributed by atoms with Gasteiger partial charge in [-0.05, 0) is 6.42 Å². The number of primary sulfonamides is 1. The van der Waals surface area contributed by atoms with Crippen molar-refractivity contribution in [3.63, 3.8) is 0 Å². The zero-order valence-corrected chi connectivity index (χ0v) is 9.70. The van der Waals surface area contributed by atoms with Gasteiger partial charge in [-0.3, -0.25) is 0 Å². The van der Waals surface area contributed by atoms with E-state index in [1.54, 1.807) is 12.3 Å². The van der Waals surface area contributed by atoms with Crippen LogP contribution < -0.4 is 15.2 Å². The van der Waals surface area contributed by atoms with Crippen molar-refractivity contribution in [2.24, 2.45) is 5.14 Å². The molecule has 0 aliphatic rings. The number of anilines is 1. The molecule has 0 saturated heterocycles. The van der Waals surface area contributed by atoms with Gasteiger partial charge < -0.3 is 10.1 Å². The maximum Gasteiger partial charge on any atom is 0.225 e. The number of nitrogens with zero attached hydrogens (tertiary/aromatic N) is 2. The lowest BCUT2D eigenvalue weighted by Crippen LogP contribution is -2.19. The number of aromatic nitrogens is 2. The maximum absolute atomic E-state index is 10.6. The molecule has 90 valence electrons. The number of rotatable bonds is 6. The van der Waals surface area contributed by atoms with Gasteiger partial charge in [-0.1, -0.05) is 0 Å². The summed E-state index contributed by atoms with van der Waals surface area (Å²) in [6.45, 7) is 0.434. The molecule has 0 fully saturated rings. The lowest BCUT2D eigenvalue weighted by Gasteiger charge is -2.04. The Balaban J connectivity index is 2.37. The van der Waals surface area contributed by atoms with E-state index in [4.69, 9.17) is 9.88 Å². The fourth-order valence-corrected chi connectivity index (χ4v) is 1.56. The Bertz CT molecular complexity index is 435. The van der Waals surface area contributed by atoms with Crippen LogP contribution in [-0.4, -0.2) is 37.8 Å². The van der Waals surface area contributed by atoms with Crippen LogP contribution in [0.25, 0.3) is 0 Å². The van der Waals surface area contributed by atoms with Gasteiger partial charge in [0.25, 0.3) is 0 Å². The predicted molar refractivity (Wildman–Crippen MR) is 59.7 cm³/mol. The second-order valence-electron chi connectivity index (χ2n) is 3.07. The largest absolute Gasteiger partial charge is 0.481 e. The molecule has 3 N–H and O–H groups in total. The minimum atomic E-state index is -3.40. The average molecular weight is 246 g/mol. The summed E-state index contributed by atoms with van der Waals surface area (Å²) < 4.78 is 26.2. The first-order chi connectivity index (χ1) is 7.51. The van der Waals surface area contributed by atoms with Gasteiger partial charge in [0.15, 0.2) is 0 Å². The topological polar surface area (TPSA) is 107 Å². The SMILES string of the molecule is COc1ccnc(NCCCS(N)(=O)=O)n1. The highest BCUT2D eigenvalue weighted by molar-refractivity contribution is 7.89. The van der Waals surface area contributed by atoms with Crippen LogP contribution in [0.1, 0.15) is 6.42 Å². The van der Waals surface area contributed by atoms with Crippen molar-refractivity contribution >= 4 is 16.0 Å². The van der Waals surface area contributed by atoms with E-state index in [9.17, 15) is 8.42 Å².